The SMILES string of the molecule is N#Cc1ccccc1N1CCN(CC2COc3ccccc3O2)CC1.NCc1ccccc1N1CCN(CC2COc3ccccc3O2)CC1. The number of para-hydroxylation sites is 6. The van der Waals surface area contributed by atoms with Gasteiger partial charge in [0.15, 0.2) is 23.0 Å². The summed E-state index contributed by atoms with van der Waals surface area (Å²) in [6.45, 7) is 11.4. The highest BCUT2D eigenvalue weighted by Gasteiger charge is 2.27. The monoisotopic (exact) mass is 674 g/mol. The number of rotatable bonds is 7. The average Bonchev–Trinajstić information content (AvgIpc) is 3.18. The van der Waals surface area contributed by atoms with Crippen molar-refractivity contribution in [1.29, 1.82) is 5.26 Å². The zero-order valence-electron chi connectivity index (χ0n) is 28.5. The number of anilines is 2. The highest BCUT2D eigenvalue weighted by molar-refractivity contribution is 5.59. The van der Waals surface area contributed by atoms with Crippen molar-refractivity contribution in [2.24, 2.45) is 5.73 Å². The van der Waals surface area contributed by atoms with Crippen molar-refractivity contribution in [3.63, 3.8) is 0 Å². The number of hydrogen-bond donors (Lipinski definition) is 1. The lowest BCUT2D eigenvalue weighted by Gasteiger charge is -2.38. The number of ether oxygens (including phenoxy) is 4. The topological polar surface area (TPSA) is 99.7 Å². The van der Waals surface area contributed by atoms with E-state index in [9.17, 15) is 5.26 Å². The Morgan fingerprint density at radius 1 is 0.560 bits per heavy atom. The number of hydrogen-bond acceptors (Lipinski definition) is 10. The Kier molecular flexibility index (Phi) is 10.8. The van der Waals surface area contributed by atoms with Crippen LogP contribution in [0, 0.1) is 11.3 Å². The maximum atomic E-state index is 9.28. The van der Waals surface area contributed by atoms with Crippen molar-refractivity contribution < 1.29 is 18.9 Å². The van der Waals surface area contributed by atoms with Crippen molar-refractivity contribution in [3.8, 4) is 29.1 Å². The number of nitrogens with two attached hydrogens (primary N) is 1. The summed E-state index contributed by atoms with van der Waals surface area (Å²) in [7, 11) is 0. The molecule has 0 aromatic heterocycles. The molecule has 2 saturated heterocycles. The van der Waals surface area contributed by atoms with Gasteiger partial charge in [0.2, 0.25) is 0 Å². The molecule has 0 bridgehead atoms. The normalized spacial score (nSPS) is 20.3. The van der Waals surface area contributed by atoms with E-state index >= 15 is 0 Å². The molecule has 4 aromatic carbocycles. The van der Waals surface area contributed by atoms with Gasteiger partial charge in [-0.15, -0.1) is 0 Å². The molecule has 0 spiro atoms. The van der Waals surface area contributed by atoms with Crippen LogP contribution in [-0.2, 0) is 6.54 Å². The molecule has 0 radical (unpaired) electrons. The van der Waals surface area contributed by atoms with E-state index in [4.69, 9.17) is 24.7 Å². The number of benzene rings is 4. The van der Waals surface area contributed by atoms with Gasteiger partial charge in [-0.1, -0.05) is 54.6 Å². The Morgan fingerprint density at radius 3 is 1.52 bits per heavy atom. The summed E-state index contributed by atoms with van der Waals surface area (Å²) >= 11 is 0. The number of fused-ring (bicyclic) bond motifs is 2. The van der Waals surface area contributed by atoms with Gasteiger partial charge >= 0.3 is 0 Å². The standard InChI is InChI=1S/C20H25N3O2.C20H21N3O2/c2*21-13-16-5-1-2-6-18(16)23-11-9-22(10-12-23)14-17-15-24-19-7-3-4-8-20(19)25-17/h1-8,17H,9-15,21H2;1-8,17H,9-12,14-15H2. The third-order valence-electron chi connectivity index (χ3n) is 9.72. The van der Waals surface area contributed by atoms with Crippen molar-refractivity contribution in [3.05, 3.63) is 108 Å². The molecule has 4 aliphatic heterocycles. The van der Waals surface area contributed by atoms with E-state index in [0.717, 1.165) is 99.7 Å². The third kappa shape index (κ3) is 8.08. The third-order valence-corrected chi connectivity index (χ3v) is 9.72. The molecule has 2 N–H and O–H groups in total. The lowest BCUT2D eigenvalue weighted by atomic mass is 10.1. The average molecular weight is 675 g/mol. The zero-order valence-corrected chi connectivity index (χ0v) is 28.5. The maximum Gasteiger partial charge on any atom is 0.161 e. The Bertz CT molecular complexity index is 1750. The van der Waals surface area contributed by atoms with Crippen LogP contribution in [0.25, 0.3) is 0 Å². The summed E-state index contributed by atoms with van der Waals surface area (Å²) in [5.41, 5.74) is 10.2. The van der Waals surface area contributed by atoms with Crippen molar-refractivity contribution in [2.75, 3.05) is 88.5 Å². The lowest BCUT2D eigenvalue weighted by Crippen LogP contribution is -2.51. The first-order valence-corrected chi connectivity index (χ1v) is 17.7. The summed E-state index contributed by atoms with van der Waals surface area (Å²) in [6, 6.07) is 34.3. The molecular formula is C40H46N6O4. The molecule has 2 fully saturated rings. The second-order valence-corrected chi connectivity index (χ2v) is 13.0. The molecule has 4 aromatic rings. The van der Waals surface area contributed by atoms with Gasteiger partial charge in [-0.3, -0.25) is 9.80 Å². The van der Waals surface area contributed by atoms with Gasteiger partial charge in [-0.05, 0) is 48.0 Å². The van der Waals surface area contributed by atoms with Gasteiger partial charge in [0.1, 0.15) is 31.5 Å². The highest BCUT2D eigenvalue weighted by Crippen LogP contribution is 2.32. The molecule has 4 heterocycles. The summed E-state index contributed by atoms with van der Waals surface area (Å²) in [4.78, 5) is 9.60. The van der Waals surface area contributed by atoms with Gasteiger partial charge in [-0.2, -0.15) is 5.26 Å². The second kappa shape index (κ2) is 16.2. The van der Waals surface area contributed by atoms with E-state index in [-0.39, 0.29) is 12.2 Å². The quantitative estimate of drug-likeness (QED) is 0.299. The fourth-order valence-corrected chi connectivity index (χ4v) is 7.06. The number of nitriles is 1. The van der Waals surface area contributed by atoms with Crippen LogP contribution < -0.4 is 34.5 Å². The van der Waals surface area contributed by atoms with E-state index in [1.54, 1.807) is 0 Å². The maximum absolute atomic E-state index is 9.28. The van der Waals surface area contributed by atoms with E-state index in [2.05, 4.69) is 49.9 Å². The van der Waals surface area contributed by atoms with E-state index < -0.39 is 0 Å². The summed E-state index contributed by atoms with van der Waals surface area (Å²) in [5.74, 6) is 3.37. The molecule has 8 rings (SSSR count). The van der Waals surface area contributed by atoms with E-state index in [1.807, 2.05) is 72.8 Å². The lowest BCUT2D eigenvalue weighted by molar-refractivity contribution is 0.0571. The van der Waals surface area contributed by atoms with Crippen molar-refractivity contribution >= 4 is 11.4 Å². The Balaban J connectivity index is 0.000000157. The van der Waals surface area contributed by atoms with Gasteiger partial charge < -0.3 is 34.5 Å². The predicted molar refractivity (Wildman–Crippen MR) is 196 cm³/mol. The summed E-state index contributed by atoms with van der Waals surface area (Å²) in [5, 5.41) is 9.28. The summed E-state index contributed by atoms with van der Waals surface area (Å²) < 4.78 is 23.8. The van der Waals surface area contributed by atoms with Crippen LogP contribution in [0.3, 0.4) is 0 Å². The molecule has 260 valence electrons. The van der Waals surface area contributed by atoms with Gasteiger partial charge in [0.05, 0.1) is 11.3 Å². The molecule has 2 unspecified atom stereocenters. The second-order valence-electron chi connectivity index (χ2n) is 13.0. The van der Waals surface area contributed by atoms with Gasteiger partial charge in [0.25, 0.3) is 0 Å². The Morgan fingerprint density at radius 2 is 1.00 bits per heavy atom. The first-order chi connectivity index (χ1) is 24.7. The van der Waals surface area contributed by atoms with Crippen LogP contribution >= 0.6 is 0 Å². The molecule has 4 aliphatic rings. The molecule has 0 aliphatic carbocycles. The Hall–Kier alpha value is -4.95. The van der Waals surface area contributed by atoms with Crippen molar-refractivity contribution in [1.82, 2.24) is 9.80 Å². The fourth-order valence-electron chi connectivity index (χ4n) is 7.06. The number of nitrogens with zero attached hydrogens (tertiary/aromatic N) is 5. The largest absolute Gasteiger partial charge is 0.486 e. The first kappa shape index (κ1) is 33.5. The van der Waals surface area contributed by atoms with Crippen LogP contribution in [0.4, 0.5) is 11.4 Å². The Labute approximate surface area is 295 Å². The minimum Gasteiger partial charge on any atom is -0.486 e. The van der Waals surface area contributed by atoms with E-state index in [1.165, 1.54) is 11.3 Å². The first-order valence-electron chi connectivity index (χ1n) is 17.7. The molecular weight excluding hydrogens is 628 g/mol. The van der Waals surface area contributed by atoms with Gasteiger partial charge in [-0.25, -0.2) is 0 Å². The molecule has 0 amide bonds. The minimum atomic E-state index is 0.0628. The number of piperazine rings is 2. The van der Waals surface area contributed by atoms with E-state index in [0.29, 0.717) is 19.8 Å². The predicted octanol–water partition coefficient (Wildman–Crippen LogP) is 4.63. The fraction of sp³-hybridized carbons (Fsp3) is 0.375. The highest BCUT2D eigenvalue weighted by atomic mass is 16.6. The molecule has 50 heavy (non-hydrogen) atoms. The zero-order chi connectivity index (χ0) is 34.1. The molecule has 0 saturated carbocycles. The van der Waals surface area contributed by atoms with Crippen LogP contribution in [0.1, 0.15) is 11.1 Å². The van der Waals surface area contributed by atoms with Crippen LogP contribution in [0.15, 0.2) is 97.1 Å². The minimum absolute atomic E-state index is 0.0628. The van der Waals surface area contributed by atoms with Crippen molar-refractivity contribution in [2.45, 2.75) is 18.8 Å². The van der Waals surface area contributed by atoms with Gasteiger partial charge in [0, 0.05) is 77.7 Å². The summed E-state index contributed by atoms with van der Waals surface area (Å²) in [6.07, 6.45) is 0.158. The molecule has 10 nitrogen and oxygen atoms in total. The van der Waals surface area contributed by atoms with Crippen LogP contribution in [0.5, 0.6) is 23.0 Å². The smallest absolute Gasteiger partial charge is 0.161 e. The van der Waals surface area contributed by atoms with Crippen LogP contribution in [-0.4, -0.2) is 101 Å². The molecule has 10 heteroatoms. The molecule has 2 atom stereocenters. The van der Waals surface area contributed by atoms with Crippen LogP contribution in [0.2, 0.25) is 0 Å².